The maximum atomic E-state index is 12.3. The Labute approximate surface area is 162 Å². The molecule has 0 saturated heterocycles. The van der Waals surface area contributed by atoms with Crippen molar-refractivity contribution in [2.24, 2.45) is 0 Å². The lowest BCUT2D eigenvalue weighted by atomic mass is 10.1. The summed E-state index contributed by atoms with van der Waals surface area (Å²) in [6.07, 6.45) is 1.91. The average Bonchev–Trinajstić information content (AvgIpc) is 3.13. The van der Waals surface area contributed by atoms with Crippen LogP contribution >= 0.6 is 0 Å². The van der Waals surface area contributed by atoms with Crippen LogP contribution in [-0.2, 0) is 4.79 Å². The van der Waals surface area contributed by atoms with Crippen molar-refractivity contribution in [3.8, 4) is 17.1 Å². The van der Waals surface area contributed by atoms with E-state index in [0.717, 1.165) is 33.9 Å². The number of nitrogens with zero attached hydrogens (tertiary/aromatic N) is 3. The van der Waals surface area contributed by atoms with Crippen LogP contribution in [0.4, 0.5) is 5.69 Å². The Bertz CT molecular complexity index is 1150. The fraction of sp³-hybridized carbons (Fsp3) is 0.136. The lowest BCUT2D eigenvalue weighted by Crippen LogP contribution is -2.20. The summed E-state index contributed by atoms with van der Waals surface area (Å²) in [5.41, 5.74) is 4.49. The van der Waals surface area contributed by atoms with Gasteiger partial charge in [0.15, 0.2) is 18.1 Å². The zero-order valence-corrected chi connectivity index (χ0v) is 15.7. The van der Waals surface area contributed by atoms with Crippen molar-refractivity contribution in [2.75, 3.05) is 11.9 Å². The minimum absolute atomic E-state index is 0.0532. The van der Waals surface area contributed by atoms with E-state index in [1.807, 2.05) is 85.1 Å². The monoisotopic (exact) mass is 372 g/mol. The van der Waals surface area contributed by atoms with Crippen molar-refractivity contribution in [1.29, 1.82) is 0 Å². The molecule has 6 nitrogen and oxygen atoms in total. The highest BCUT2D eigenvalue weighted by molar-refractivity contribution is 5.92. The molecule has 0 radical (unpaired) electrons. The third-order valence-corrected chi connectivity index (χ3v) is 4.63. The van der Waals surface area contributed by atoms with Crippen LogP contribution in [0.2, 0.25) is 0 Å². The van der Waals surface area contributed by atoms with E-state index in [0.29, 0.717) is 5.69 Å². The van der Waals surface area contributed by atoms with Crippen molar-refractivity contribution in [3.63, 3.8) is 0 Å². The largest absolute Gasteiger partial charge is 0.483 e. The number of amides is 1. The Morgan fingerprint density at radius 3 is 2.79 bits per heavy atom. The summed E-state index contributed by atoms with van der Waals surface area (Å²) < 4.78 is 7.58. The SMILES string of the molecule is Cc1cccc(OCC(=O)Nc2cccc(-c3nnc4ccccn34)c2)c1C. The number of benzene rings is 2. The molecule has 0 unspecified atom stereocenters. The molecule has 140 valence electrons. The van der Waals surface area contributed by atoms with E-state index in [9.17, 15) is 4.79 Å². The molecule has 0 spiro atoms. The van der Waals surface area contributed by atoms with Gasteiger partial charge in [0.25, 0.3) is 5.91 Å². The standard InChI is InChI=1S/C22H20N4O2/c1-15-7-5-10-19(16(15)2)28-14-21(27)23-18-9-6-8-17(13-18)22-25-24-20-11-3-4-12-26(20)22/h3-13H,14H2,1-2H3,(H,23,27). The van der Waals surface area contributed by atoms with Crippen LogP contribution in [0.25, 0.3) is 17.0 Å². The summed E-state index contributed by atoms with van der Waals surface area (Å²) in [6, 6.07) is 19.1. The Morgan fingerprint density at radius 1 is 1.04 bits per heavy atom. The molecular weight excluding hydrogens is 352 g/mol. The minimum atomic E-state index is -0.218. The number of anilines is 1. The number of aromatic nitrogens is 3. The lowest BCUT2D eigenvalue weighted by molar-refractivity contribution is -0.118. The molecule has 6 heteroatoms. The quantitative estimate of drug-likeness (QED) is 0.574. The highest BCUT2D eigenvalue weighted by atomic mass is 16.5. The van der Waals surface area contributed by atoms with Crippen molar-refractivity contribution >= 4 is 17.2 Å². The minimum Gasteiger partial charge on any atom is -0.483 e. The smallest absolute Gasteiger partial charge is 0.262 e. The number of nitrogens with one attached hydrogen (secondary N) is 1. The number of aryl methyl sites for hydroxylation is 1. The Kier molecular flexibility index (Phi) is 4.76. The topological polar surface area (TPSA) is 68.5 Å². The van der Waals surface area contributed by atoms with Gasteiger partial charge in [-0.2, -0.15) is 0 Å². The molecule has 2 aromatic carbocycles. The number of carbonyl (C=O) groups is 1. The van der Waals surface area contributed by atoms with Gasteiger partial charge in [-0.15, -0.1) is 10.2 Å². The number of fused-ring (bicyclic) bond motifs is 1. The molecule has 2 heterocycles. The zero-order valence-electron chi connectivity index (χ0n) is 15.7. The normalized spacial score (nSPS) is 10.8. The van der Waals surface area contributed by atoms with Crippen LogP contribution in [0.5, 0.6) is 5.75 Å². The van der Waals surface area contributed by atoms with Gasteiger partial charge in [0.1, 0.15) is 5.75 Å². The van der Waals surface area contributed by atoms with Gasteiger partial charge in [0, 0.05) is 17.4 Å². The first-order valence-electron chi connectivity index (χ1n) is 9.01. The number of hydrogen-bond donors (Lipinski definition) is 1. The molecule has 0 aliphatic rings. The van der Waals surface area contributed by atoms with Gasteiger partial charge in [-0.05, 0) is 55.3 Å². The fourth-order valence-corrected chi connectivity index (χ4v) is 3.00. The van der Waals surface area contributed by atoms with Gasteiger partial charge in [-0.3, -0.25) is 9.20 Å². The third kappa shape index (κ3) is 3.57. The van der Waals surface area contributed by atoms with E-state index in [1.54, 1.807) is 0 Å². The summed E-state index contributed by atoms with van der Waals surface area (Å²) in [4.78, 5) is 12.3. The Balaban J connectivity index is 1.47. The van der Waals surface area contributed by atoms with Crippen molar-refractivity contribution in [1.82, 2.24) is 14.6 Å². The Hall–Kier alpha value is -3.67. The first-order valence-corrected chi connectivity index (χ1v) is 9.01. The van der Waals surface area contributed by atoms with Gasteiger partial charge in [0.05, 0.1) is 0 Å². The predicted octanol–water partition coefficient (Wildman–Crippen LogP) is 4.03. The van der Waals surface area contributed by atoms with Gasteiger partial charge in [-0.25, -0.2) is 0 Å². The van der Waals surface area contributed by atoms with Gasteiger partial charge < -0.3 is 10.1 Å². The van der Waals surface area contributed by atoms with E-state index in [4.69, 9.17) is 4.74 Å². The first kappa shape index (κ1) is 17.7. The predicted molar refractivity (Wildman–Crippen MR) is 108 cm³/mol. The van der Waals surface area contributed by atoms with Crippen molar-refractivity contribution in [2.45, 2.75) is 13.8 Å². The van der Waals surface area contributed by atoms with Crippen LogP contribution in [-0.4, -0.2) is 27.1 Å². The molecule has 0 atom stereocenters. The van der Waals surface area contributed by atoms with Crippen molar-refractivity contribution < 1.29 is 9.53 Å². The summed E-state index contributed by atoms with van der Waals surface area (Å²) in [5, 5.41) is 11.3. The molecule has 1 amide bonds. The maximum absolute atomic E-state index is 12.3. The zero-order chi connectivity index (χ0) is 19.5. The number of ether oxygens (including phenoxy) is 1. The Morgan fingerprint density at radius 2 is 1.89 bits per heavy atom. The maximum Gasteiger partial charge on any atom is 0.262 e. The van der Waals surface area contributed by atoms with Gasteiger partial charge >= 0.3 is 0 Å². The molecule has 2 aromatic heterocycles. The molecule has 0 aliphatic carbocycles. The summed E-state index contributed by atoms with van der Waals surface area (Å²) >= 11 is 0. The molecular formula is C22H20N4O2. The van der Waals surface area contributed by atoms with Crippen LogP contribution in [0.1, 0.15) is 11.1 Å². The van der Waals surface area contributed by atoms with E-state index in [2.05, 4.69) is 15.5 Å². The van der Waals surface area contributed by atoms with Crippen molar-refractivity contribution in [3.05, 3.63) is 78.0 Å². The first-order chi connectivity index (χ1) is 13.6. The number of carbonyl (C=O) groups excluding carboxylic acids is 1. The van der Waals surface area contributed by atoms with Crippen LogP contribution in [0.15, 0.2) is 66.9 Å². The second-order valence-electron chi connectivity index (χ2n) is 6.57. The third-order valence-electron chi connectivity index (χ3n) is 4.63. The van der Waals surface area contributed by atoms with Crippen LogP contribution in [0.3, 0.4) is 0 Å². The molecule has 0 saturated carbocycles. The van der Waals surface area contributed by atoms with Gasteiger partial charge in [0.2, 0.25) is 0 Å². The molecule has 4 aromatic rings. The summed E-state index contributed by atoms with van der Waals surface area (Å²) in [5.74, 6) is 1.22. The van der Waals surface area contributed by atoms with E-state index in [1.165, 1.54) is 0 Å². The van der Waals surface area contributed by atoms with E-state index < -0.39 is 0 Å². The molecule has 0 bridgehead atoms. The summed E-state index contributed by atoms with van der Waals surface area (Å²) in [7, 11) is 0. The highest BCUT2D eigenvalue weighted by Crippen LogP contribution is 2.22. The molecule has 4 rings (SSSR count). The fourth-order valence-electron chi connectivity index (χ4n) is 3.00. The molecule has 1 N–H and O–H groups in total. The second kappa shape index (κ2) is 7.52. The molecule has 28 heavy (non-hydrogen) atoms. The van der Waals surface area contributed by atoms with E-state index >= 15 is 0 Å². The van der Waals surface area contributed by atoms with Gasteiger partial charge in [-0.1, -0.05) is 30.3 Å². The number of hydrogen-bond acceptors (Lipinski definition) is 4. The molecule has 0 fully saturated rings. The lowest BCUT2D eigenvalue weighted by Gasteiger charge is -2.11. The number of pyridine rings is 1. The van der Waals surface area contributed by atoms with Crippen LogP contribution < -0.4 is 10.1 Å². The summed E-state index contributed by atoms with van der Waals surface area (Å²) in [6.45, 7) is 3.94. The molecule has 0 aliphatic heterocycles. The van der Waals surface area contributed by atoms with E-state index in [-0.39, 0.29) is 12.5 Å². The second-order valence-corrected chi connectivity index (χ2v) is 6.57. The number of rotatable bonds is 5. The average molecular weight is 372 g/mol. The highest BCUT2D eigenvalue weighted by Gasteiger charge is 2.10. The van der Waals surface area contributed by atoms with Crippen LogP contribution in [0, 0.1) is 13.8 Å².